The first-order chi connectivity index (χ1) is 9.65. The summed E-state index contributed by atoms with van der Waals surface area (Å²) in [6.07, 6.45) is 5.09. The molecule has 4 heteroatoms. The van der Waals surface area contributed by atoms with E-state index in [0.717, 1.165) is 18.7 Å². The molecule has 1 aromatic rings. The molecule has 0 spiro atoms. The minimum Gasteiger partial charge on any atom is -0.320 e. The Kier molecular flexibility index (Phi) is 6.16. The Bertz CT molecular complexity index is 436. The van der Waals surface area contributed by atoms with Gasteiger partial charge in [0.15, 0.2) is 0 Å². The van der Waals surface area contributed by atoms with Crippen molar-refractivity contribution in [3.8, 4) is 0 Å². The van der Waals surface area contributed by atoms with Gasteiger partial charge in [0.05, 0.1) is 10.0 Å². The first-order valence-electron chi connectivity index (χ1n) is 7.49. The molecule has 1 saturated heterocycles. The number of hydrogen-bond acceptors (Lipinski definition) is 2. The summed E-state index contributed by atoms with van der Waals surface area (Å²) in [5.41, 5.74) is 1.15. The van der Waals surface area contributed by atoms with Gasteiger partial charge in [-0.1, -0.05) is 41.8 Å². The number of likely N-dealkylation sites (tertiary alicyclic amines) is 1. The van der Waals surface area contributed by atoms with E-state index < -0.39 is 0 Å². The zero-order chi connectivity index (χ0) is 14.5. The second kappa shape index (κ2) is 7.65. The molecule has 1 aliphatic heterocycles. The smallest absolute Gasteiger partial charge is 0.0640 e. The van der Waals surface area contributed by atoms with E-state index in [1.54, 1.807) is 0 Å². The summed E-state index contributed by atoms with van der Waals surface area (Å²) in [5.74, 6) is 0. The Labute approximate surface area is 132 Å². The topological polar surface area (TPSA) is 15.3 Å². The number of halogens is 2. The van der Waals surface area contributed by atoms with Crippen molar-refractivity contribution in [3.63, 3.8) is 0 Å². The van der Waals surface area contributed by atoms with Gasteiger partial charge in [-0.3, -0.25) is 4.90 Å². The number of nitrogens with one attached hydrogen (secondary N) is 1. The molecule has 1 heterocycles. The van der Waals surface area contributed by atoms with E-state index in [0.29, 0.717) is 22.1 Å². The first-order valence-corrected chi connectivity index (χ1v) is 8.25. The maximum absolute atomic E-state index is 6.39. The van der Waals surface area contributed by atoms with Crippen LogP contribution >= 0.6 is 23.2 Å². The quantitative estimate of drug-likeness (QED) is 0.859. The van der Waals surface area contributed by atoms with E-state index in [1.807, 2.05) is 19.2 Å². The number of hydrogen-bond donors (Lipinski definition) is 1. The predicted molar refractivity (Wildman–Crippen MR) is 87.8 cm³/mol. The van der Waals surface area contributed by atoms with Gasteiger partial charge in [-0.25, -0.2) is 0 Å². The molecular weight excluding hydrogens is 291 g/mol. The van der Waals surface area contributed by atoms with Crippen LogP contribution in [0.15, 0.2) is 18.2 Å². The van der Waals surface area contributed by atoms with Gasteiger partial charge in [-0.2, -0.15) is 0 Å². The van der Waals surface area contributed by atoms with Gasteiger partial charge in [0.25, 0.3) is 0 Å². The number of piperidine rings is 1. The number of rotatable bonds is 5. The highest BCUT2D eigenvalue weighted by molar-refractivity contribution is 6.42. The molecule has 0 radical (unpaired) electrons. The maximum atomic E-state index is 6.39. The molecule has 2 rings (SSSR count). The first kappa shape index (κ1) is 16.1. The van der Waals surface area contributed by atoms with Crippen molar-refractivity contribution in [3.05, 3.63) is 33.8 Å². The fourth-order valence-corrected chi connectivity index (χ4v) is 3.64. The van der Waals surface area contributed by atoms with Gasteiger partial charge in [0.1, 0.15) is 0 Å². The van der Waals surface area contributed by atoms with E-state index in [1.165, 1.54) is 25.7 Å². The lowest BCUT2D eigenvalue weighted by molar-refractivity contribution is 0.0972. The van der Waals surface area contributed by atoms with Gasteiger partial charge in [0.2, 0.25) is 0 Å². The molecule has 1 fully saturated rings. The minimum absolute atomic E-state index is 0.323. The van der Waals surface area contributed by atoms with E-state index in [2.05, 4.69) is 23.2 Å². The molecule has 112 valence electrons. The predicted octanol–water partition coefficient (Wildman–Crippen LogP) is 4.52. The summed E-state index contributed by atoms with van der Waals surface area (Å²) in [6.45, 7) is 4.46. The molecule has 0 aliphatic carbocycles. The second-order valence-corrected chi connectivity index (χ2v) is 6.38. The largest absolute Gasteiger partial charge is 0.320 e. The van der Waals surface area contributed by atoms with Crippen LogP contribution in [0.25, 0.3) is 0 Å². The normalized spacial score (nSPS) is 21.9. The van der Waals surface area contributed by atoms with Crippen LogP contribution in [-0.2, 0) is 0 Å². The van der Waals surface area contributed by atoms with Crippen LogP contribution in [0.5, 0.6) is 0 Å². The summed E-state index contributed by atoms with van der Waals surface area (Å²) in [5, 5.41) is 4.62. The molecule has 1 N–H and O–H groups in total. The Morgan fingerprint density at radius 2 is 2.15 bits per heavy atom. The summed E-state index contributed by atoms with van der Waals surface area (Å²) in [6, 6.07) is 6.91. The Balaban J connectivity index is 2.16. The standard InChI is InChI=1S/C16H24Cl2N2/c1-12(14-7-5-8-15(17)16(14)18)20-11-4-3-6-13(20)9-10-19-2/h5,7-8,12-13,19H,3-4,6,9-11H2,1-2H3. The molecule has 0 saturated carbocycles. The fourth-order valence-electron chi connectivity index (χ4n) is 3.18. The van der Waals surface area contributed by atoms with Crippen molar-refractivity contribution in [2.24, 2.45) is 0 Å². The van der Waals surface area contributed by atoms with Crippen molar-refractivity contribution in [2.75, 3.05) is 20.1 Å². The zero-order valence-corrected chi connectivity index (χ0v) is 13.8. The molecule has 20 heavy (non-hydrogen) atoms. The number of benzene rings is 1. The summed E-state index contributed by atoms with van der Waals surface area (Å²) in [7, 11) is 2.02. The third-order valence-corrected chi connectivity index (χ3v) is 5.16. The molecule has 2 nitrogen and oxygen atoms in total. The average molecular weight is 315 g/mol. The van der Waals surface area contributed by atoms with Crippen LogP contribution in [0.1, 0.15) is 44.2 Å². The van der Waals surface area contributed by atoms with Crippen LogP contribution < -0.4 is 5.32 Å². The van der Waals surface area contributed by atoms with Crippen molar-refractivity contribution < 1.29 is 0 Å². The summed E-state index contributed by atoms with van der Waals surface area (Å²) in [4.78, 5) is 2.60. The molecular formula is C16H24Cl2N2. The molecule has 2 unspecified atom stereocenters. The van der Waals surface area contributed by atoms with Gasteiger partial charge in [-0.05, 0) is 58.0 Å². The highest BCUT2D eigenvalue weighted by Crippen LogP contribution is 2.35. The van der Waals surface area contributed by atoms with E-state index in [4.69, 9.17) is 23.2 Å². The van der Waals surface area contributed by atoms with Crippen molar-refractivity contribution in [1.29, 1.82) is 0 Å². The van der Waals surface area contributed by atoms with Crippen molar-refractivity contribution in [2.45, 2.75) is 44.7 Å². The molecule has 2 atom stereocenters. The summed E-state index contributed by atoms with van der Waals surface area (Å²) < 4.78 is 0. The molecule has 1 aliphatic rings. The second-order valence-electron chi connectivity index (χ2n) is 5.60. The van der Waals surface area contributed by atoms with E-state index >= 15 is 0 Å². The SMILES string of the molecule is CNCCC1CCCCN1C(C)c1cccc(Cl)c1Cl. The Hall–Kier alpha value is -0.280. The van der Waals surface area contributed by atoms with Gasteiger partial charge in [0, 0.05) is 12.1 Å². The van der Waals surface area contributed by atoms with Crippen LogP contribution in [0.2, 0.25) is 10.0 Å². The third-order valence-electron chi connectivity index (χ3n) is 4.33. The fraction of sp³-hybridized carbons (Fsp3) is 0.625. The lowest BCUT2D eigenvalue weighted by atomic mass is 9.95. The van der Waals surface area contributed by atoms with Gasteiger partial charge < -0.3 is 5.32 Å². The lowest BCUT2D eigenvalue weighted by Gasteiger charge is -2.40. The minimum atomic E-state index is 0.323. The number of nitrogens with zero attached hydrogens (tertiary/aromatic N) is 1. The molecule has 1 aromatic carbocycles. The highest BCUT2D eigenvalue weighted by atomic mass is 35.5. The zero-order valence-electron chi connectivity index (χ0n) is 12.3. The van der Waals surface area contributed by atoms with E-state index in [9.17, 15) is 0 Å². The van der Waals surface area contributed by atoms with Crippen LogP contribution in [0, 0.1) is 0 Å². The van der Waals surface area contributed by atoms with Gasteiger partial charge in [-0.15, -0.1) is 0 Å². The van der Waals surface area contributed by atoms with Crippen molar-refractivity contribution >= 4 is 23.2 Å². The molecule has 0 aromatic heterocycles. The van der Waals surface area contributed by atoms with Crippen LogP contribution in [-0.4, -0.2) is 31.1 Å². The van der Waals surface area contributed by atoms with E-state index in [-0.39, 0.29) is 0 Å². The third kappa shape index (κ3) is 3.67. The average Bonchev–Trinajstić information content (AvgIpc) is 2.47. The lowest BCUT2D eigenvalue weighted by Crippen LogP contribution is -2.42. The molecule has 0 bridgehead atoms. The Morgan fingerprint density at radius 3 is 2.90 bits per heavy atom. The summed E-state index contributed by atoms with van der Waals surface area (Å²) >= 11 is 12.5. The van der Waals surface area contributed by atoms with Crippen LogP contribution in [0.4, 0.5) is 0 Å². The van der Waals surface area contributed by atoms with Gasteiger partial charge >= 0.3 is 0 Å². The highest BCUT2D eigenvalue weighted by Gasteiger charge is 2.28. The monoisotopic (exact) mass is 314 g/mol. The molecule has 0 amide bonds. The maximum Gasteiger partial charge on any atom is 0.0640 e. The Morgan fingerprint density at radius 1 is 1.35 bits per heavy atom. The van der Waals surface area contributed by atoms with Crippen LogP contribution in [0.3, 0.4) is 0 Å². The van der Waals surface area contributed by atoms with Crippen molar-refractivity contribution in [1.82, 2.24) is 10.2 Å².